The van der Waals surface area contributed by atoms with Gasteiger partial charge in [0.1, 0.15) is 6.04 Å². The number of benzene rings is 3. The molecule has 3 aromatic rings. The van der Waals surface area contributed by atoms with Crippen molar-refractivity contribution < 1.29 is 14.5 Å². The van der Waals surface area contributed by atoms with Gasteiger partial charge in [0.15, 0.2) is 0 Å². The van der Waals surface area contributed by atoms with E-state index < -0.39 is 16.9 Å². The monoisotopic (exact) mass is 541 g/mol. The summed E-state index contributed by atoms with van der Waals surface area (Å²) in [6, 6.07) is 19.6. The van der Waals surface area contributed by atoms with Crippen molar-refractivity contribution >= 4 is 40.7 Å². The Morgan fingerprint density at radius 2 is 1.65 bits per heavy atom. The largest absolute Gasteiger partial charge is 0.354 e. The average molecular weight is 542 g/mol. The van der Waals surface area contributed by atoms with Crippen LogP contribution in [0.2, 0.25) is 10.0 Å². The topological polar surface area (TPSA) is 92.6 Å². The zero-order valence-corrected chi connectivity index (χ0v) is 22.2. The molecule has 1 atom stereocenters. The molecule has 0 bridgehead atoms. The van der Waals surface area contributed by atoms with Gasteiger partial charge in [-0.25, -0.2) is 0 Å². The Kier molecular flexibility index (Phi) is 10.1. The fourth-order valence-electron chi connectivity index (χ4n) is 3.91. The van der Waals surface area contributed by atoms with Crippen LogP contribution < -0.4 is 5.32 Å². The summed E-state index contributed by atoms with van der Waals surface area (Å²) in [4.78, 5) is 39.8. The van der Waals surface area contributed by atoms with Crippen molar-refractivity contribution in [2.75, 3.05) is 6.54 Å². The third-order valence-electron chi connectivity index (χ3n) is 5.84. The lowest BCUT2D eigenvalue weighted by Gasteiger charge is -2.32. The molecule has 0 unspecified atom stereocenters. The van der Waals surface area contributed by atoms with Crippen LogP contribution in [0.15, 0.2) is 72.8 Å². The average Bonchev–Trinajstić information content (AvgIpc) is 2.86. The van der Waals surface area contributed by atoms with Gasteiger partial charge in [0.2, 0.25) is 11.8 Å². The Hall–Kier alpha value is -3.42. The van der Waals surface area contributed by atoms with Crippen LogP contribution in [-0.2, 0) is 29.0 Å². The quantitative estimate of drug-likeness (QED) is 0.243. The van der Waals surface area contributed by atoms with Gasteiger partial charge in [0.25, 0.3) is 5.69 Å². The maximum atomic E-state index is 13.8. The van der Waals surface area contributed by atoms with Gasteiger partial charge >= 0.3 is 0 Å². The van der Waals surface area contributed by atoms with Crippen LogP contribution in [0.3, 0.4) is 0 Å². The van der Waals surface area contributed by atoms with Gasteiger partial charge in [-0.2, -0.15) is 0 Å². The first-order chi connectivity index (χ1) is 17.7. The molecule has 0 fully saturated rings. The van der Waals surface area contributed by atoms with Crippen molar-refractivity contribution in [1.82, 2.24) is 10.2 Å². The number of rotatable bonds is 11. The Labute approximate surface area is 226 Å². The Bertz CT molecular complexity index is 1250. The van der Waals surface area contributed by atoms with Crippen LogP contribution in [0.4, 0.5) is 5.69 Å². The molecular weight excluding hydrogens is 513 g/mol. The van der Waals surface area contributed by atoms with E-state index in [-0.39, 0.29) is 42.5 Å². The minimum absolute atomic E-state index is 0.0298. The fraction of sp³-hybridized carbons (Fsp3) is 0.286. The number of nitrogens with one attached hydrogen (secondary N) is 1. The highest BCUT2D eigenvalue weighted by Gasteiger charge is 2.32. The first-order valence-corrected chi connectivity index (χ1v) is 12.7. The summed E-state index contributed by atoms with van der Waals surface area (Å²) in [5, 5.41) is 15.3. The van der Waals surface area contributed by atoms with Gasteiger partial charge < -0.3 is 10.2 Å². The van der Waals surface area contributed by atoms with E-state index in [0.717, 1.165) is 5.56 Å². The Balaban J connectivity index is 2.03. The summed E-state index contributed by atoms with van der Waals surface area (Å²) in [7, 11) is 0. The van der Waals surface area contributed by atoms with Gasteiger partial charge in [-0.3, -0.25) is 19.7 Å². The van der Waals surface area contributed by atoms with E-state index in [1.54, 1.807) is 36.4 Å². The van der Waals surface area contributed by atoms with E-state index in [4.69, 9.17) is 23.2 Å². The normalized spacial score (nSPS) is 11.7. The molecule has 3 aromatic carbocycles. The minimum Gasteiger partial charge on any atom is -0.354 e. The molecule has 1 N–H and O–H groups in total. The van der Waals surface area contributed by atoms with Gasteiger partial charge in [-0.1, -0.05) is 91.6 Å². The number of halogens is 2. The summed E-state index contributed by atoms with van der Waals surface area (Å²) in [5.74, 6) is -0.525. The van der Waals surface area contributed by atoms with Gasteiger partial charge in [-0.05, 0) is 29.2 Å². The molecular formula is C28H29Cl2N3O4. The lowest BCUT2D eigenvalue weighted by atomic mass is 10.0. The first-order valence-electron chi connectivity index (χ1n) is 11.9. The molecule has 0 saturated carbocycles. The summed E-state index contributed by atoms with van der Waals surface area (Å²) in [5.41, 5.74) is 1.60. The first kappa shape index (κ1) is 28.2. The zero-order chi connectivity index (χ0) is 26.9. The number of nitro groups is 1. The van der Waals surface area contributed by atoms with E-state index >= 15 is 0 Å². The third kappa shape index (κ3) is 8.03. The SMILES string of the molecule is CC(C)CNC(=O)[C@@H](Cc1ccccc1)N(Cc1ccc(Cl)cc1Cl)C(=O)Cc1ccccc1[N+](=O)[O-]. The molecule has 0 aliphatic carbocycles. The van der Waals surface area contributed by atoms with E-state index in [2.05, 4.69) is 5.32 Å². The third-order valence-corrected chi connectivity index (χ3v) is 6.43. The Morgan fingerprint density at radius 3 is 2.30 bits per heavy atom. The Morgan fingerprint density at radius 1 is 0.973 bits per heavy atom. The smallest absolute Gasteiger partial charge is 0.273 e. The van der Waals surface area contributed by atoms with Crippen molar-refractivity contribution in [3.8, 4) is 0 Å². The number of hydrogen-bond donors (Lipinski definition) is 1. The maximum Gasteiger partial charge on any atom is 0.273 e. The minimum atomic E-state index is -0.872. The highest BCUT2D eigenvalue weighted by molar-refractivity contribution is 6.35. The summed E-state index contributed by atoms with van der Waals surface area (Å²) in [6.07, 6.45) is 0.0176. The fourth-order valence-corrected chi connectivity index (χ4v) is 4.38. The van der Waals surface area contributed by atoms with Crippen LogP contribution in [0.25, 0.3) is 0 Å². The second kappa shape index (κ2) is 13.2. The van der Waals surface area contributed by atoms with Crippen LogP contribution in [0.5, 0.6) is 0 Å². The molecule has 3 rings (SSSR count). The molecule has 7 nitrogen and oxygen atoms in total. The van der Waals surface area contributed by atoms with Crippen molar-refractivity contribution in [1.29, 1.82) is 0 Å². The highest BCUT2D eigenvalue weighted by atomic mass is 35.5. The van der Waals surface area contributed by atoms with Crippen molar-refractivity contribution in [2.45, 2.75) is 39.3 Å². The number of nitrogens with zero attached hydrogens (tertiary/aromatic N) is 2. The molecule has 194 valence electrons. The van der Waals surface area contributed by atoms with Crippen LogP contribution in [-0.4, -0.2) is 34.2 Å². The number of amides is 2. The molecule has 9 heteroatoms. The van der Waals surface area contributed by atoms with Crippen molar-refractivity contribution in [3.63, 3.8) is 0 Å². The highest BCUT2D eigenvalue weighted by Crippen LogP contribution is 2.26. The lowest BCUT2D eigenvalue weighted by molar-refractivity contribution is -0.385. The van der Waals surface area contributed by atoms with Crippen LogP contribution >= 0.6 is 23.2 Å². The summed E-state index contributed by atoms with van der Waals surface area (Å²) >= 11 is 12.5. The molecule has 0 radical (unpaired) electrons. The van der Waals surface area contributed by atoms with Gasteiger partial charge in [0.05, 0.1) is 11.3 Å². The van der Waals surface area contributed by atoms with E-state index in [0.29, 0.717) is 22.2 Å². The van der Waals surface area contributed by atoms with Crippen molar-refractivity contribution in [2.24, 2.45) is 5.92 Å². The van der Waals surface area contributed by atoms with Gasteiger partial charge in [-0.15, -0.1) is 0 Å². The molecule has 0 aliphatic heterocycles. The summed E-state index contributed by atoms with van der Waals surface area (Å²) < 4.78 is 0. The molecule has 2 amide bonds. The molecule has 0 heterocycles. The zero-order valence-electron chi connectivity index (χ0n) is 20.7. The lowest BCUT2D eigenvalue weighted by Crippen LogP contribution is -2.51. The van der Waals surface area contributed by atoms with Gasteiger partial charge in [0, 0.05) is 41.2 Å². The summed E-state index contributed by atoms with van der Waals surface area (Å²) in [6.45, 7) is 4.44. The molecule has 0 saturated heterocycles. The van der Waals surface area contributed by atoms with Crippen LogP contribution in [0.1, 0.15) is 30.5 Å². The predicted octanol–water partition coefficient (Wildman–Crippen LogP) is 5.86. The van der Waals surface area contributed by atoms with Crippen molar-refractivity contribution in [3.05, 3.63) is 110 Å². The number of carbonyl (C=O) groups excluding carboxylic acids is 2. The molecule has 37 heavy (non-hydrogen) atoms. The predicted molar refractivity (Wildman–Crippen MR) is 146 cm³/mol. The standard InChI is InChI=1S/C28H29Cl2N3O4/c1-19(2)17-31-28(35)26(14-20-8-4-3-5-9-20)32(18-22-12-13-23(29)16-24(22)30)27(34)15-21-10-6-7-11-25(21)33(36)37/h3-13,16,19,26H,14-15,17-18H2,1-2H3,(H,31,35)/t26-/m1/s1. The second-order valence-corrected chi connectivity index (χ2v) is 10.0. The van der Waals surface area contributed by atoms with E-state index in [1.165, 1.54) is 11.0 Å². The molecule has 0 aliphatic rings. The maximum absolute atomic E-state index is 13.8. The number of nitro benzene ring substituents is 1. The van der Waals surface area contributed by atoms with E-state index in [9.17, 15) is 19.7 Å². The second-order valence-electron chi connectivity index (χ2n) is 9.16. The molecule has 0 spiro atoms. The number of hydrogen-bond acceptors (Lipinski definition) is 4. The number of para-hydroxylation sites is 1. The van der Waals surface area contributed by atoms with E-state index in [1.807, 2.05) is 44.2 Å². The van der Waals surface area contributed by atoms with Crippen LogP contribution in [0, 0.1) is 16.0 Å². The number of carbonyl (C=O) groups is 2. The molecule has 0 aromatic heterocycles.